The molecule has 8 nitrogen and oxygen atoms in total. The van der Waals surface area contributed by atoms with Gasteiger partial charge in [-0.3, -0.25) is 0 Å². The van der Waals surface area contributed by atoms with Crippen molar-refractivity contribution < 1.29 is 38.0 Å². The van der Waals surface area contributed by atoms with Crippen LogP contribution < -0.4 is 28.4 Å². The topological polar surface area (TPSA) is 81.7 Å². The Labute approximate surface area is 427 Å². The molecule has 9 aromatic carbocycles. The summed E-state index contributed by atoms with van der Waals surface area (Å²) in [5, 5.41) is 0. The van der Waals surface area contributed by atoms with Gasteiger partial charge in [-0.05, 0) is 80.8 Å². The van der Waals surface area contributed by atoms with Crippen molar-refractivity contribution in [3.8, 4) is 34.5 Å². The van der Waals surface area contributed by atoms with E-state index < -0.39 is 12.1 Å². The van der Waals surface area contributed by atoms with E-state index in [1.54, 1.807) is 12.1 Å². The number of ether oxygens (including phenoxy) is 7. The Morgan fingerprint density at radius 2 is 0.630 bits per heavy atom. The number of hydrogen-bond acceptors (Lipinski definition) is 8. The molecule has 0 unspecified atom stereocenters. The summed E-state index contributed by atoms with van der Waals surface area (Å²) >= 11 is 0. The van der Waals surface area contributed by atoms with Gasteiger partial charge in [0.2, 0.25) is 11.5 Å². The lowest BCUT2D eigenvalue weighted by atomic mass is 9.78. The average molecular weight is 965 g/mol. The third-order valence-electron chi connectivity index (χ3n) is 12.8. The molecule has 9 aromatic rings. The van der Waals surface area contributed by atoms with Gasteiger partial charge in [-0.15, -0.1) is 0 Å². The van der Waals surface area contributed by atoms with Crippen molar-refractivity contribution >= 4 is 5.97 Å². The number of fused-ring (bicyclic) bond motifs is 1. The van der Waals surface area contributed by atoms with E-state index in [0.29, 0.717) is 67.2 Å². The van der Waals surface area contributed by atoms with Gasteiger partial charge < -0.3 is 33.2 Å². The van der Waals surface area contributed by atoms with E-state index in [1.807, 2.05) is 200 Å². The number of carbonyl (C=O) groups is 1. The number of esters is 1. The molecular weight excluding hydrogens is 909 g/mol. The molecule has 8 heteroatoms. The Morgan fingerprint density at radius 1 is 0.342 bits per heavy atom. The van der Waals surface area contributed by atoms with Crippen LogP contribution in [0.4, 0.5) is 0 Å². The van der Waals surface area contributed by atoms with Crippen molar-refractivity contribution in [3.63, 3.8) is 0 Å². The van der Waals surface area contributed by atoms with Gasteiger partial charge in [0.25, 0.3) is 0 Å². The lowest BCUT2D eigenvalue weighted by molar-refractivity contribution is 0.0214. The molecule has 0 amide bonds. The predicted molar refractivity (Wildman–Crippen MR) is 283 cm³/mol. The van der Waals surface area contributed by atoms with E-state index in [2.05, 4.69) is 18.2 Å². The summed E-state index contributed by atoms with van der Waals surface area (Å²) in [6.45, 7) is 1.60. The van der Waals surface area contributed by atoms with E-state index in [-0.39, 0.29) is 31.3 Å². The lowest BCUT2D eigenvalue weighted by Crippen LogP contribution is -2.33. The minimum atomic E-state index is -0.598. The zero-order chi connectivity index (χ0) is 49.4. The number of rotatable bonds is 21. The highest BCUT2D eigenvalue weighted by atomic mass is 16.6. The fourth-order valence-corrected chi connectivity index (χ4v) is 8.96. The largest absolute Gasteiger partial charge is 0.485 e. The van der Waals surface area contributed by atoms with Crippen LogP contribution in [-0.4, -0.2) is 12.1 Å². The van der Waals surface area contributed by atoms with Gasteiger partial charge in [0.1, 0.15) is 45.7 Å². The summed E-state index contributed by atoms with van der Waals surface area (Å²) in [5.74, 6) is 1.80. The van der Waals surface area contributed by atoms with Gasteiger partial charge >= 0.3 is 5.97 Å². The predicted octanol–water partition coefficient (Wildman–Crippen LogP) is 14.3. The number of carbonyl (C=O) groups excluding carboxylic acids is 1. The van der Waals surface area contributed by atoms with Crippen molar-refractivity contribution in [2.45, 2.75) is 64.5 Å². The normalized spacial score (nSPS) is 13.8. The van der Waals surface area contributed by atoms with Crippen LogP contribution in [0.3, 0.4) is 0 Å². The van der Waals surface area contributed by atoms with Gasteiger partial charge in [-0.25, -0.2) is 4.79 Å². The van der Waals surface area contributed by atoms with Crippen molar-refractivity contribution in [1.29, 1.82) is 0 Å². The van der Waals surface area contributed by atoms with Gasteiger partial charge in [-0.1, -0.05) is 206 Å². The van der Waals surface area contributed by atoms with Crippen LogP contribution in [0.5, 0.6) is 34.5 Å². The highest BCUT2D eigenvalue weighted by Crippen LogP contribution is 2.46. The third kappa shape index (κ3) is 12.8. The van der Waals surface area contributed by atoms with Gasteiger partial charge in [0, 0.05) is 12.3 Å². The maximum atomic E-state index is 15.0. The first kappa shape index (κ1) is 47.9. The highest BCUT2D eigenvalue weighted by Gasteiger charge is 2.35. The monoisotopic (exact) mass is 964 g/mol. The average Bonchev–Trinajstić information content (AvgIpc) is 3.45. The first-order valence-electron chi connectivity index (χ1n) is 24.7. The first-order chi connectivity index (χ1) is 36.1. The SMILES string of the molecule is O=C(O[C@@H]1Cc2ccccc2C[C@H]1c1cc(OCc2ccccc2)c(OCc2ccccc2)c(OCc2ccccc2)c1)c1cc(OCc2ccccc2)c(OCc2ccccc2)c(OCc2ccccc2)c1. The third-order valence-corrected chi connectivity index (χ3v) is 12.8. The van der Waals surface area contributed by atoms with Crippen molar-refractivity contribution in [3.05, 3.63) is 286 Å². The standard InChI is InChI=1S/C65H56O8/c66-65(56-39-61(69-43-49-25-11-3-12-26-49)64(72-46-52-31-17-6-18-32-52)62(40-56)70-44-50-27-13-4-14-28-50)73-58-36-54-34-20-19-33-53(54)35-57(58)55-37-59(67-41-47-21-7-1-8-22-47)63(71-45-51-29-15-5-16-30-51)60(38-55)68-42-48-23-9-2-10-24-48/h1-34,37-40,57-58H,35-36,41-46H2/t57-,58+/m0/s1. The molecule has 0 heterocycles. The molecule has 0 N–H and O–H groups in total. The summed E-state index contributed by atoms with van der Waals surface area (Å²) in [6, 6.07) is 75.7. The molecule has 0 bridgehead atoms. The van der Waals surface area contributed by atoms with Crippen LogP contribution in [0.2, 0.25) is 0 Å². The molecule has 10 rings (SSSR count). The Kier molecular flexibility index (Phi) is 15.7. The second-order valence-electron chi connectivity index (χ2n) is 18.0. The second-order valence-corrected chi connectivity index (χ2v) is 18.0. The minimum Gasteiger partial charge on any atom is -0.485 e. The summed E-state index contributed by atoms with van der Waals surface area (Å²) in [5.41, 5.74) is 9.32. The van der Waals surface area contributed by atoms with Crippen molar-refractivity contribution in [1.82, 2.24) is 0 Å². The molecule has 2 atom stereocenters. The maximum absolute atomic E-state index is 15.0. The molecule has 0 aromatic heterocycles. The van der Waals surface area contributed by atoms with E-state index in [4.69, 9.17) is 33.2 Å². The van der Waals surface area contributed by atoms with Crippen LogP contribution in [0.1, 0.15) is 66.3 Å². The first-order valence-corrected chi connectivity index (χ1v) is 24.7. The van der Waals surface area contributed by atoms with Crippen LogP contribution in [-0.2, 0) is 57.2 Å². The van der Waals surface area contributed by atoms with Crippen LogP contribution >= 0.6 is 0 Å². The smallest absolute Gasteiger partial charge is 0.338 e. The molecule has 0 aliphatic heterocycles. The number of benzene rings is 9. The quantitative estimate of drug-likeness (QED) is 0.0659. The summed E-state index contributed by atoms with van der Waals surface area (Å²) in [6.07, 6.45) is 0.475. The Hall–Kier alpha value is -8.75. The van der Waals surface area contributed by atoms with Crippen LogP contribution in [0.15, 0.2) is 231 Å². The molecule has 0 spiro atoms. The van der Waals surface area contributed by atoms with Crippen LogP contribution in [0, 0.1) is 0 Å². The summed E-state index contributed by atoms with van der Waals surface area (Å²) in [7, 11) is 0. The fraction of sp³-hybridized carbons (Fsp3) is 0.154. The minimum absolute atomic E-state index is 0.231. The molecule has 0 radical (unpaired) electrons. The molecule has 73 heavy (non-hydrogen) atoms. The fourth-order valence-electron chi connectivity index (χ4n) is 8.96. The second kappa shape index (κ2) is 23.9. The zero-order valence-corrected chi connectivity index (χ0v) is 40.5. The number of hydrogen-bond donors (Lipinski definition) is 0. The van der Waals surface area contributed by atoms with E-state index in [1.165, 1.54) is 5.56 Å². The van der Waals surface area contributed by atoms with Gasteiger partial charge in [-0.2, -0.15) is 0 Å². The summed E-state index contributed by atoms with van der Waals surface area (Å²) < 4.78 is 46.6. The molecular formula is C65H56O8. The van der Waals surface area contributed by atoms with Gasteiger partial charge in [0.05, 0.1) is 5.56 Å². The highest BCUT2D eigenvalue weighted by molar-refractivity contribution is 5.91. The Balaban J connectivity index is 1.03. The van der Waals surface area contributed by atoms with E-state index >= 15 is 4.79 Å². The van der Waals surface area contributed by atoms with Crippen molar-refractivity contribution in [2.24, 2.45) is 0 Å². The maximum Gasteiger partial charge on any atom is 0.338 e. The molecule has 364 valence electrons. The molecule has 0 saturated heterocycles. The van der Waals surface area contributed by atoms with Gasteiger partial charge in [0.15, 0.2) is 23.0 Å². The molecule has 1 aliphatic carbocycles. The Morgan fingerprint density at radius 3 is 0.973 bits per heavy atom. The molecule has 0 fully saturated rings. The Bertz CT molecular complexity index is 3040. The van der Waals surface area contributed by atoms with E-state index in [0.717, 1.165) is 44.5 Å². The molecule has 1 aliphatic rings. The zero-order valence-electron chi connectivity index (χ0n) is 40.5. The lowest BCUT2D eigenvalue weighted by Gasteiger charge is -2.34. The van der Waals surface area contributed by atoms with E-state index in [9.17, 15) is 0 Å². The summed E-state index contributed by atoms with van der Waals surface area (Å²) in [4.78, 5) is 15.0. The molecule has 0 saturated carbocycles. The van der Waals surface area contributed by atoms with Crippen molar-refractivity contribution in [2.75, 3.05) is 0 Å². The van der Waals surface area contributed by atoms with Crippen LogP contribution in [0.25, 0.3) is 0 Å².